The fourth-order valence-electron chi connectivity index (χ4n) is 1.91. The van der Waals surface area contributed by atoms with E-state index in [9.17, 15) is 4.79 Å². The van der Waals surface area contributed by atoms with Gasteiger partial charge in [-0.2, -0.15) is 0 Å². The summed E-state index contributed by atoms with van der Waals surface area (Å²) in [6.07, 6.45) is 5.92. The van der Waals surface area contributed by atoms with E-state index in [1.54, 1.807) is 0 Å². The molecule has 0 unspecified atom stereocenters. The van der Waals surface area contributed by atoms with Gasteiger partial charge in [-0.25, -0.2) is 0 Å². The lowest BCUT2D eigenvalue weighted by atomic mass is 9.85. The van der Waals surface area contributed by atoms with Gasteiger partial charge in [0.25, 0.3) is 0 Å². The van der Waals surface area contributed by atoms with Gasteiger partial charge in [0.2, 0.25) is 5.91 Å². The number of carbonyl (C=O) groups excluding carboxylic acids is 1. The minimum Gasteiger partial charge on any atom is -0.353 e. The molecular weight excluding hydrogens is 186 g/mol. The molecule has 0 bridgehead atoms. The minimum atomic E-state index is 0.157. The van der Waals surface area contributed by atoms with E-state index < -0.39 is 0 Å². The molecule has 1 rings (SSSR count). The normalized spacial score (nSPS) is 21.1. The highest BCUT2D eigenvalue weighted by atomic mass is 16.1. The summed E-state index contributed by atoms with van der Waals surface area (Å²) < 4.78 is 0. The lowest BCUT2D eigenvalue weighted by molar-refractivity contribution is -0.127. The zero-order valence-corrected chi connectivity index (χ0v) is 10.6. The highest BCUT2D eigenvalue weighted by Gasteiger charge is 2.26. The second kappa shape index (κ2) is 5.00. The maximum atomic E-state index is 11.9. The Balaban J connectivity index is 2.40. The number of rotatable bonds is 2. The van der Waals surface area contributed by atoms with Gasteiger partial charge in [0, 0.05) is 12.0 Å². The molecule has 1 aliphatic carbocycles. The molecule has 1 saturated carbocycles. The van der Waals surface area contributed by atoms with Crippen LogP contribution in [0.25, 0.3) is 0 Å². The molecule has 0 radical (unpaired) electrons. The van der Waals surface area contributed by atoms with Crippen LogP contribution in [0.2, 0.25) is 0 Å². The van der Waals surface area contributed by atoms with Crippen LogP contribution in [0.1, 0.15) is 59.8 Å². The molecule has 0 saturated heterocycles. The SMILES string of the molecule is C[C@@H](NC(=O)C1CCCCC1)C(C)(C)C. The monoisotopic (exact) mass is 211 g/mol. The predicted octanol–water partition coefficient (Wildman–Crippen LogP) is 3.12. The summed E-state index contributed by atoms with van der Waals surface area (Å²) in [6, 6.07) is 0.256. The fraction of sp³-hybridized carbons (Fsp3) is 0.923. The van der Waals surface area contributed by atoms with Gasteiger partial charge in [-0.3, -0.25) is 4.79 Å². The summed E-state index contributed by atoms with van der Waals surface area (Å²) in [5.74, 6) is 0.556. The number of hydrogen-bond acceptors (Lipinski definition) is 1. The van der Waals surface area contributed by atoms with Crippen molar-refractivity contribution in [1.29, 1.82) is 0 Å². The summed E-state index contributed by atoms with van der Waals surface area (Å²) >= 11 is 0. The lowest BCUT2D eigenvalue weighted by Gasteiger charge is -2.30. The fourth-order valence-corrected chi connectivity index (χ4v) is 1.91. The molecule has 1 fully saturated rings. The van der Waals surface area contributed by atoms with Gasteiger partial charge in [0.1, 0.15) is 0 Å². The summed E-state index contributed by atoms with van der Waals surface area (Å²) in [5.41, 5.74) is 0.157. The standard InChI is InChI=1S/C13H25NO/c1-10(13(2,3)4)14-12(15)11-8-6-5-7-9-11/h10-11H,5-9H2,1-4H3,(H,14,15)/t10-/m1/s1. The molecular formula is C13H25NO. The zero-order valence-electron chi connectivity index (χ0n) is 10.6. The molecule has 0 aromatic carbocycles. The first-order valence-electron chi connectivity index (χ1n) is 6.21. The molecule has 15 heavy (non-hydrogen) atoms. The average Bonchev–Trinajstić information content (AvgIpc) is 2.17. The first-order valence-corrected chi connectivity index (χ1v) is 6.21. The zero-order chi connectivity index (χ0) is 11.5. The quantitative estimate of drug-likeness (QED) is 0.747. The van der Waals surface area contributed by atoms with Gasteiger partial charge >= 0.3 is 0 Å². The van der Waals surface area contributed by atoms with Crippen molar-refractivity contribution in [2.75, 3.05) is 0 Å². The average molecular weight is 211 g/mol. The van der Waals surface area contributed by atoms with Gasteiger partial charge in [-0.05, 0) is 25.2 Å². The van der Waals surface area contributed by atoms with E-state index in [1.807, 2.05) is 0 Å². The molecule has 0 aromatic heterocycles. The van der Waals surface area contributed by atoms with E-state index in [0.717, 1.165) is 12.8 Å². The van der Waals surface area contributed by atoms with Gasteiger partial charge in [-0.1, -0.05) is 40.0 Å². The van der Waals surface area contributed by atoms with E-state index >= 15 is 0 Å². The van der Waals surface area contributed by atoms with Crippen LogP contribution >= 0.6 is 0 Å². The summed E-state index contributed by atoms with van der Waals surface area (Å²) in [4.78, 5) is 11.9. The van der Waals surface area contributed by atoms with Crippen molar-refractivity contribution in [2.45, 2.75) is 65.8 Å². The molecule has 2 nitrogen and oxygen atoms in total. The maximum Gasteiger partial charge on any atom is 0.223 e. The molecule has 0 spiro atoms. The Labute approximate surface area is 93.8 Å². The molecule has 2 heteroatoms. The van der Waals surface area contributed by atoms with Crippen LogP contribution in [0.5, 0.6) is 0 Å². The third kappa shape index (κ3) is 3.84. The maximum absolute atomic E-state index is 11.9. The van der Waals surface area contributed by atoms with Crippen molar-refractivity contribution in [3.8, 4) is 0 Å². The van der Waals surface area contributed by atoms with Gasteiger partial charge < -0.3 is 5.32 Å². The molecule has 88 valence electrons. The summed E-state index contributed by atoms with van der Waals surface area (Å²) in [5, 5.41) is 3.15. The Hall–Kier alpha value is -0.530. The van der Waals surface area contributed by atoms with E-state index in [2.05, 4.69) is 33.0 Å². The van der Waals surface area contributed by atoms with E-state index in [0.29, 0.717) is 0 Å². The van der Waals surface area contributed by atoms with E-state index in [4.69, 9.17) is 0 Å². The van der Waals surface area contributed by atoms with Crippen LogP contribution in [0.15, 0.2) is 0 Å². The number of carbonyl (C=O) groups is 1. The summed E-state index contributed by atoms with van der Waals surface area (Å²) in [7, 11) is 0. The number of hydrogen-bond donors (Lipinski definition) is 1. The van der Waals surface area contributed by atoms with Crippen molar-refractivity contribution < 1.29 is 4.79 Å². The smallest absolute Gasteiger partial charge is 0.223 e. The molecule has 1 N–H and O–H groups in total. The van der Waals surface area contributed by atoms with Crippen LogP contribution in [0.3, 0.4) is 0 Å². The molecule has 1 aliphatic rings. The lowest BCUT2D eigenvalue weighted by Crippen LogP contribution is -2.44. The largest absolute Gasteiger partial charge is 0.353 e. The summed E-state index contributed by atoms with van der Waals surface area (Å²) in [6.45, 7) is 8.59. The van der Waals surface area contributed by atoms with E-state index in [1.165, 1.54) is 19.3 Å². The third-order valence-electron chi connectivity index (χ3n) is 3.63. The van der Waals surface area contributed by atoms with Crippen LogP contribution in [-0.4, -0.2) is 11.9 Å². The first kappa shape index (κ1) is 12.5. The molecule has 0 aromatic rings. The Kier molecular flexibility index (Phi) is 4.18. The van der Waals surface area contributed by atoms with Crippen molar-refractivity contribution in [1.82, 2.24) is 5.32 Å². The third-order valence-corrected chi connectivity index (χ3v) is 3.63. The van der Waals surface area contributed by atoms with Crippen molar-refractivity contribution in [2.24, 2.45) is 11.3 Å². The van der Waals surface area contributed by atoms with Crippen LogP contribution < -0.4 is 5.32 Å². The van der Waals surface area contributed by atoms with Crippen LogP contribution in [0.4, 0.5) is 0 Å². The van der Waals surface area contributed by atoms with Crippen LogP contribution in [0, 0.1) is 11.3 Å². The minimum absolute atomic E-state index is 0.157. The van der Waals surface area contributed by atoms with Gasteiger partial charge in [-0.15, -0.1) is 0 Å². The molecule has 0 aliphatic heterocycles. The first-order chi connectivity index (χ1) is 6.91. The molecule has 0 heterocycles. The van der Waals surface area contributed by atoms with Crippen molar-refractivity contribution >= 4 is 5.91 Å². The topological polar surface area (TPSA) is 29.1 Å². The Bertz CT molecular complexity index is 211. The number of nitrogens with one attached hydrogen (secondary N) is 1. The molecule has 1 amide bonds. The van der Waals surface area contributed by atoms with Gasteiger partial charge in [0.05, 0.1) is 0 Å². The van der Waals surface area contributed by atoms with E-state index in [-0.39, 0.29) is 23.3 Å². The highest BCUT2D eigenvalue weighted by Crippen LogP contribution is 2.25. The second-order valence-electron chi connectivity index (χ2n) is 5.93. The van der Waals surface area contributed by atoms with Crippen molar-refractivity contribution in [3.05, 3.63) is 0 Å². The molecule has 1 atom stereocenters. The Morgan fingerprint density at radius 1 is 1.20 bits per heavy atom. The Morgan fingerprint density at radius 3 is 2.20 bits per heavy atom. The number of amides is 1. The Morgan fingerprint density at radius 2 is 1.73 bits per heavy atom. The highest BCUT2D eigenvalue weighted by molar-refractivity contribution is 5.79. The second-order valence-corrected chi connectivity index (χ2v) is 5.93. The van der Waals surface area contributed by atoms with Gasteiger partial charge in [0.15, 0.2) is 0 Å². The predicted molar refractivity (Wildman–Crippen MR) is 63.6 cm³/mol. The van der Waals surface area contributed by atoms with Crippen molar-refractivity contribution in [3.63, 3.8) is 0 Å². The van der Waals surface area contributed by atoms with Crippen LogP contribution in [-0.2, 0) is 4.79 Å².